The number of nitro benzene ring substituents is 1. The van der Waals surface area contributed by atoms with E-state index in [0.717, 1.165) is 31.1 Å². The van der Waals surface area contributed by atoms with Crippen molar-refractivity contribution in [2.45, 2.75) is 25.3 Å². The standard InChI is InChI=1S/C21H24ClFN6O3/c22-21-26-10-16(23)20(28-21)27-18-15-8-12(17(18)19(24)30)7-13(15)9-25-5-4-11-2-1-3-14(6-11)29(31)32/h1-3,6,10,12-13,15,17-18,25H,4-5,7-9H2,(H2,24,30)(H,26,27,28)/t12-,13?,15-,17+,18-/m1/s1. The minimum absolute atomic E-state index is 0.0221. The van der Waals surface area contributed by atoms with Crippen LogP contribution in [0.5, 0.6) is 0 Å². The second-order valence-electron chi connectivity index (χ2n) is 8.47. The summed E-state index contributed by atoms with van der Waals surface area (Å²) >= 11 is 5.80. The molecule has 4 N–H and O–H groups in total. The molecule has 0 aliphatic heterocycles. The van der Waals surface area contributed by atoms with Gasteiger partial charge in [-0.15, -0.1) is 0 Å². The number of nitrogens with zero attached hydrogens (tertiary/aromatic N) is 3. The molecule has 1 heterocycles. The van der Waals surface area contributed by atoms with E-state index in [-0.39, 0.29) is 34.7 Å². The molecule has 1 amide bonds. The lowest BCUT2D eigenvalue weighted by Gasteiger charge is -2.35. The molecule has 0 spiro atoms. The lowest BCUT2D eigenvalue weighted by Crippen LogP contribution is -2.47. The van der Waals surface area contributed by atoms with E-state index in [1.807, 2.05) is 6.07 Å². The molecule has 0 saturated heterocycles. The predicted octanol–water partition coefficient (Wildman–Crippen LogP) is 2.55. The highest BCUT2D eigenvalue weighted by Crippen LogP contribution is 2.52. The number of hydrogen-bond donors (Lipinski definition) is 3. The van der Waals surface area contributed by atoms with Gasteiger partial charge in [-0.3, -0.25) is 14.9 Å². The molecule has 4 rings (SSSR count). The van der Waals surface area contributed by atoms with Crippen molar-refractivity contribution in [1.29, 1.82) is 0 Å². The van der Waals surface area contributed by atoms with Crippen LogP contribution in [0.15, 0.2) is 30.5 Å². The number of halogens is 2. The number of carbonyl (C=O) groups is 1. The second kappa shape index (κ2) is 9.33. The van der Waals surface area contributed by atoms with E-state index in [4.69, 9.17) is 17.3 Å². The van der Waals surface area contributed by atoms with E-state index < -0.39 is 22.6 Å². The van der Waals surface area contributed by atoms with Gasteiger partial charge in [-0.2, -0.15) is 4.98 Å². The molecule has 2 aliphatic carbocycles. The van der Waals surface area contributed by atoms with Crippen LogP contribution in [0.25, 0.3) is 0 Å². The SMILES string of the molecule is NC(=O)[C@H]1[C@@H]2CC(CNCCc3cccc([N+](=O)[O-])c3)[C@@H](C2)[C@H]1Nc1nc(Cl)ncc1F. The second-order valence-corrected chi connectivity index (χ2v) is 8.81. The Balaban J connectivity index is 1.37. The van der Waals surface area contributed by atoms with Crippen LogP contribution in [0.3, 0.4) is 0 Å². The van der Waals surface area contributed by atoms with Gasteiger partial charge in [0.05, 0.1) is 17.0 Å². The van der Waals surface area contributed by atoms with E-state index in [0.29, 0.717) is 18.9 Å². The first kappa shape index (κ1) is 22.3. The highest BCUT2D eigenvalue weighted by Gasteiger charge is 2.54. The molecule has 2 bridgehead atoms. The van der Waals surface area contributed by atoms with Crippen molar-refractivity contribution in [2.24, 2.45) is 29.4 Å². The molecule has 1 aromatic heterocycles. The zero-order valence-corrected chi connectivity index (χ0v) is 18.0. The van der Waals surface area contributed by atoms with Gasteiger partial charge in [0.15, 0.2) is 11.6 Å². The number of non-ortho nitro benzene ring substituents is 1. The zero-order valence-electron chi connectivity index (χ0n) is 17.2. The fourth-order valence-electron chi connectivity index (χ4n) is 5.29. The van der Waals surface area contributed by atoms with Gasteiger partial charge in [0, 0.05) is 18.2 Å². The number of anilines is 1. The summed E-state index contributed by atoms with van der Waals surface area (Å²) in [6.07, 6.45) is 3.37. The van der Waals surface area contributed by atoms with Crippen LogP contribution in [0.2, 0.25) is 5.28 Å². The summed E-state index contributed by atoms with van der Waals surface area (Å²) in [7, 11) is 0. The van der Waals surface area contributed by atoms with Crippen LogP contribution in [0, 0.1) is 39.6 Å². The third-order valence-electron chi connectivity index (χ3n) is 6.61. The van der Waals surface area contributed by atoms with Gasteiger partial charge in [0.1, 0.15) is 0 Å². The summed E-state index contributed by atoms with van der Waals surface area (Å²) in [6.45, 7) is 1.40. The maximum atomic E-state index is 14.2. The maximum absolute atomic E-state index is 14.2. The number of nitrogens with two attached hydrogens (primary N) is 1. The number of primary amides is 1. The molecule has 1 unspecified atom stereocenters. The van der Waals surface area contributed by atoms with E-state index in [1.54, 1.807) is 12.1 Å². The van der Waals surface area contributed by atoms with E-state index in [1.165, 1.54) is 6.07 Å². The quantitative estimate of drug-likeness (QED) is 0.225. The van der Waals surface area contributed by atoms with Crippen molar-refractivity contribution >= 4 is 29.0 Å². The molecule has 11 heteroatoms. The van der Waals surface area contributed by atoms with Crippen LogP contribution >= 0.6 is 11.6 Å². The molecule has 32 heavy (non-hydrogen) atoms. The van der Waals surface area contributed by atoms with Crippen molar-refractivity contribution in [3.05, 3.63) is 57.2 Å². The van der Waals surface area contributed by atoms with Crippen LogP contribution < -0.4 is 16.4 Å². The molecule has 2 aromatic rings. The van der Waals surface area contributed by atoms with Gasteiger partial charge in [0.2, 0.25) is 11.2 Å². The van der Waals surface area contributed by atoms with E-state index in [9.17, 15) is 19.3 Å². The van der Waals surface area contributed by atoms with Crippen molar-refractivity contribution in [2.75, 3.05) is 18.4 Å². The van der Waals surface area contributed by atoms with Crippen molar-refractivity contribution in [3.63, 3.8) is 0 Å². The lowest BCUT2D eigenvalue weighted by atomic mass is 9.77. The van der Waals surface area contributed by atoms with Gasteiger partial charge < -0.3 is 16.4 Å². The van der Waals surface area contributed by atoms with Crippen molar-refractivity contribution in [1.82, 2.24) is 15.3 Å². The first-order valence-corrected chi connectivity index (χ1v) is 10.9. The molecule has 9 nitrogen and oxygen atoms in total. The summed E-state index contributed by atoms with van der Waals surface area (Å²) in [6, 6.07) is 6.28. The Kier molecular flexibility index (Phi) is 6.52. The number of aromatic nitrogens is 2. The van der Waals surface area contributed by atoms with Gasteiger partial charge in [-0.05, 0) is 67.3 Å². The Morgan fingerprint density at radius 2 is 2.19 bits per heavy atom. The Bertz CT molecular complexity index is 1020. The largest absolute Gasteiger partial charge is 0.369 e. The minimum Gasteiger partial charge on any atom is -0.369 e. The van der Waals surface area contributed by atoms with Crippen LogP contribution in [-0.2, 0) is 11.2 Å². The lowest BCUT2D eigenvalue weighted by molar-refractivity contribution is -0.384. The molecular formula is C21H24ClFN6O3. The molecule has 170 valence electrons. The summed E-state index contributed by atoms with van der Waals surface area (Å²) in [4.78, 5) is 30.2. The summed E-state index contributed by atoms with van der Waals surface area (Å²) in [5.74, 6) is -0.881. The summed E-state index contributed by atoms with van der Waals surface area (Å²) in [5.41, 5.74) is 6.64. The summed E-state index contributed by atoms with van der Waals surface area (Å²) in [5, 5.41) is 17.3. The highest BCUT2D eigenvalue weighted by atomic mass is 35.5. The molecule has 0 radical (unpaired) electrons. The molecule has 1 aromatic carbocycles. The fourth-order valence-corrected chi connectivity index (χ4v) is 5.42. The minimum atomic E-state index is -0.632. The van der Waals surface area contributed by atoms with Crippen molar-refractivity contribution in [3.8, 4) is 0 Å². The number of rotatable bonds is 9. The van der Waals surface area contributed by atoms with E-state index >= 15 is 0 Å². The topological polar surface area (TPSA) is 136 Å². The van der Waals surface area contributed by atoms with Gasteiger partial charge in [-0.25, -0.2) is 9.37 Å². The number of hydrogen-bond acceptors (Lipinski definition) is 7. The maximum Gasteiger partial charge on any atom is 0.269 e. The first-order chi connectivity index (χ1) is 15.3. The van der Waals surface area contributed by atoms with Crippen LogP contribution in [0.1, 0.15) is 18.4 Å². The van der Waals surface area contributed by atoms with Gasteiger partial charge >= 0.3 is 0 Å². The number of fused-ring (bicyclic) bond motifs is 2. The number of amides is 1. The monoisotopic (exact) mass is 462 g/mol. The van der Waals surface area contributed by atoms with Gasteiger partial charge in [-0.1, -0.05) is 12.1 Å². The fraction of sp³-hybridized carbons (Fsp3) is 0.476. The predicted molar refractivity (Wildman–Crippen MR) is 116 cm³/mol. The molecule has 2 fully saturated rings. The van der Waals surface area contributed by atoms with Crippen LogP contribution in [-0.4, -0.2) is 39.9 Å². The first-order valence-electron chi connectivity index (χ1n) is 10.5. The Labute approximate surface area is 189 Å². The van der Waals surface area contributed by atoms with Crippen molar-refractivity contribution < 1.29 is 14.1 Å². The molecule has 5 atom stereocenters. The Hall–Kier alpha value is -2.85. The smallest absolute Gasteiger partial charge is 0.269 e. The number of carbonyl (C=O) groups excluding carboxylic acids is 1. The average molecular weight is 463 g/mol. The Morgan fingerprint density at radius 1 is 1.38 bits per heavy atom. The highest BCUT2D eigenvalue weighted by molar-refractivity contribution is 6.28. The number of benzene rings is 1. The summed E-state index contributed by atoms with van der Waals surface area (Å²) < 4.78 is 14.2. The normalized spacial score (nSPS) is 26.2. The third-order valence-corrected chi connectivity index (χ3v) is 6.79. The molecule has 2 saturated carbocycles. The Morgan fingerprint density at radius 3 is 2.94 bits per heavy atom. The zero-order chi connectivity index (χ0) is 22.8. The van der Waals surface area contributed by atoms with E-state index in [2.05, 4.69) is 20.6 Å². The molecular weight excluding hydrogens is 439 g/mol. The third kappa shape index (κ3) is 4.66. The average Bonchev–Trinajstić information content (AvgIpc) is 3.32. The molecule has 2 aliphatic rings. The number of nitrogens with one attached hydrogen (secondary N) is 2. The van der Waals surface area contributed by atoms with Gasteiger partial charge in [0.25, 0.3) is 5.69 Å². The van der Waals surface area contributed by atoms with Crippen LogP contribution in [0.4, 0.5) is 15.9 Å². The number of nitro groups is 1.